The van der Waals surface area contributed by atoms with Gasteiger partial charge in [-0.1, -0.05) is 6.92 Å². The van der Waals surface area contributed by atoms with Gasteiger partial charge < -0.3 is 14.9 Å². The maximum Gasteiger partial charge on any atom is 0.349 e. The van der Waals surface area contributed by atoms with Gasteiger partial charge in [0.2, 0.25) is 4.99 Å². The van der Waals surface area contributed by atoms with Crippen LogP contribution in [0.15, 0.2) is 0 Å². The second-order valence-electron chi connectivity index (χ2n) is 1.74. The minimum Gasteiger partial charge on any atom is -0.480 e. The number of carboxylic acid groups (broad SMARTS) is 1. The molecule has 0 aromatic heterocycles. The Morgan fingerprint density at radius 3 is 2.18 bits per heavy atom. The summed E-state index contributed by atoms with van der Waals surface area (Å²) >= 11 is 0.729. The van der Waals surface area contributed by atoms with Gasteiger partial charge in [0.25, 0.3) is 0 Å². The van der Waals surface area contributed by atoms with Crippen molar-refractivity contribution in [1.82, 2.24) is 0 Å². The van der Waals surface area contributed by atoms with E-state index in [1.807, 2.05) is 0 Å². The Kier molecular flexibility index (Phi) is 4.10. The predicted octanol–water partition coefficient (Wildman–Crippen LogP) is 0.328. The Morgan fingerprint density at radius 1 is 1.64 bits per heavy atom. The van der Waals surface area contributed by atoms with Crippen molar-refractivity contribution in [3.05, 3.63) is 0 Å². The molecule has 0 aliphatic carbocycles. The van der Waals surface area contributed by atoms with Crippen molar-refractivity contribution in [3.63, 3.8) is 0 Å². The highest BCUT2D eigenvalue weighted by molar-refractivity contribution is 8.06. The summed E-state index contributed by atoms with van der Waals surface area (Å²) in [7, 11) is -4.49. The highest BCUT2D eigenvalue weighted by Gasteiger charge is 2.35. The molecule has 0 aliphatic rings. The van der Waals surface area contributed by atoms with E-state index in [0.29, 0.717) is 5.75 Å². The summed E-state index contributed by atoms with van der Waals surface area (Å²) in [5.41, 5.74) is 0. The molecule has 0 spiro atoms. The van der Waals surface area contributed by atoms with Crippen LogP contribution in [0.3, 0.4) is 0 Å². The van der Waals surface area contributed by atoms with Gasteiger partial charge in [0, 0.05) is 0 Å². The summed E-state index contributed by atoms with van der Waals surface area (Å²) in [6, 6.07) is 0. The lowest BCUT2D eigenvalue weighted by Crippen LogP contribution is -2.16. The highest BCUT2D eigenvalue weighted by atomic mass is 32.2. The molecule has 1 atom stereocenters. The zero-order valence-corrected chi connectivity index (χ0v) is 7.51. The predicted molar refractivity (Wildman–Crippen MR) is 41.6 cm³/mol. The molecule has 66 valence electrons. The van der Waals surface area contributed by atoms with Crippen molar-refractivity contribution < 1.29 is 24.3 Å². The van der Waals surface area contributed by atoms with E-state index >= 15 is 0 Å². The first kappa shape index (κ1) is 11.0. The molecule has 0 aromatic rings. The molecule has 1 unspecified atom stereocenters. The van der Waals surface area contributed by atoms with Crippen LogP contribution in [0.25, 0.3) is 0 Å². The number of carboxylic acids is 1. The van der Waals surface area contributed by atoms with Crippen LogP contribution in [0.5, 0.6) is 0 Å². The number of rotatable bonds is 4. The highest BCUT2D eigenvalue weighted by Crippen LogP contribution is 2.46. The lowest BCUT2D eigenvalue weighted by molar-refractivity contribution is -0.135. The minimum atomic E-state index is -4.49. The minimum absolute atomic E-state index is 0.363. The summed E-state index contributed by atoms with van der Waals surface area (Å²) in [6.45, 7) is 1.64. The smallest absolute Gasteiger partial charge is 0.349 e. The van der Waals surface area contributed by atoms with Crippen LogP contribution in [0.1, 0.15) is 6.92 Å². The topological polar surface area (TPSA) is 94.8 Å². The number of carbonyl (C=O) groups is 1. The maximum absolute atomic E-state index is 10.5. The van der Waals surface area contributed by atoms with Crippen LogP contribution < -0.4 is 0 Å². The van der Waals surface area contributed by atoms with Gasteiger partial charge in [0.05, 0.1) is 0 Å². The largest absolute Gasteiger partial charge is 0.480 e. The standard InChI is InChI=1S/C4H9O5PS/c1-2-11-4(3(5)6)10(7,8)9/h4H,2H2,1H3,(H,5,6)(H2,7,8,9). The van der Waals surface area contributed by atoms with Crippen molar-refractivity contribution in [3.8, 4) is 0 Å². The van der Waals surface area contributed by atoms with E-state index in [-0.39, 0.29) is 0 Å². The van der Waals surface area contributed by atoms with Gasteiger partial charge in [-0.2, -0.15) is 0 Å². The molecule has 0 fully saturated rings. The fourth-order valence-corrected chi connectivity index (χ4v) is 2.44. The Labute approximate surface area is 68.0 Å². The lowest BCUT2D eigenvalue weighted by Gasteiger charge is -2.11. The van der Waals surface area contributed by atoms with Crippen LogP contribution in [-0.4, -0.2) is 31.6 Å². The molecule has 0 radical (unpaired) electrons. The Hall–Kier alpha value is -0.0300. The summed E-state index contributed by atoms with van der Waals surface area (Å²) < 4.78 is 10.5. The van der Waals surface area contributed by atoms with E-state index in [9.17, 15) is 9.36 Å². The average molecular weight is 200 g/mol. The van der Waals surface area contributed by atoms with Gasteiger partial charge in [-0.3, -0.25) is 9.36 Å². The molecule has 0 amide bonds. The van der Waals surface area contributed by atoms with E-state index in [0.717, 1.165) is 11.8 Å². The monoisotopic (exact) mass is 200 g/mol. The van der Waals surface area contributed by atoms with Gasteiger partial charge in [-0.15, -0.1) is 11.8 Å². The fourth-order valence-electron chi connectivity index (χ4n) is 0.470. The van der Waals surface area contributed by atoms with Crippen LogP contribution in [0.2, 0.25) is 0 Å². The Balaban J connectivity index is 4.35. The molecular formula is C4H9O5PS. The molecule has 7 heteroatoms. The molecule has 0 heterocycles. The summed E-state index contributed by atoms with van der Waals surface area (Å²) in [4.78, 5) is 25.6. The van der Waals surface area contributed by atoms with Gasteiger partial charge in [0.1, 0.15) is 0 Å². The molecule has 0 saturated heterocycles. The second kappa shape index (κ2) is 4.11. The zero-order valence-electron chi connectivity index (χ0n) is 5.80. The SMILES string of the molecule is CCSC(C(=O)O)P(=O)(O)O. The van der Waals surface area contributed by atoms with Crippen LogP contribution in [0, 0.1) is 0 Å². The van der Waals surface area contributed by atoms with Gasteiger partial charge >= 0.3 is 13.6 Å². The molecule has 3 N–H and O–H groups in total. The first-order valence-electron chi connectivity index (χ1n) is 2.79. The van der Waals surface area contributed by atoms with Gasteiger partial charge in [-0.25, -0.2) is 0 Å². The average Bonchev–Trinajstić information content (AvgIpc) is 1.79. The second-order valence-corrected chi connectivity index (χ2v) is 5.16. The summed E-state index contributed by atoms with van der Waals surface area (Å²) in [6.07, 6.45) is 0. The van der Waals surface area contributed by atoms with Crippen LogP contribution in [-0.2, 0) is 9.36 Å². The van der Waals surface area contributed by atoms with Crippen LogP contribution >= 0.6 is 19.4 Å². The molecule has 0 saturated carbocycles. The Morgan fingerprint density at radius 2 is 2.09 bits per heavy atom. The van der Waals surface area contributed by atoms with E-state index in [1.165, 1.54) is 0 Å². The van der Waals surface area contributed by atoms with E-state index in [2.05, 4.69) is 0 Å². The third-order valence-corrected chi connectivity index (χ3v) is 3.79. The summed E-state index contributed by atoms with van der Waals surface area (Å²) in [5.74, 6) is -1.10. The van der Waals surface area contributed by atoms with Crippen molar-refractivity contribution in [2.24, 2.45) is 0 Å². The molecular weight excluding hydrogens is 191 g/mol. The van der Waals surface area contributed by atoms with E-state index in [1.54, 1.807) is 6.92 Å². The number of hydrogen-bond acceptors (Lipinski definition) is 3. The van der Waals surface area contributed by atoms with Gasteiger partial charge in [0.15, 0.2) is 0 Å². The van der Waals surface area contributed by atoms with Crippen molar-refractivity contribution in [2.75, 3.05) is 5.75 Å². The molecule has 0 aromatic carbocycles. The van der Waals surface area contributed by atoms with Crippen molar-refractivity contribution in [1.29, 1.82) is 0 Å². The lowest BCUT2D eigenvalue weighted by atomic mass is 10.8. The summed E-state index contributed by atoms with van der Waals surface area (Å²) in [5, 5.41) is 8.33. The van der Waals surface area contributed by atoms with Crippen molar-refractivity contribution >= 4 is 25.3 Å². The first-order chi connectivity index (χ1) is 4.89. The molecule has 5 nitrogen and oxygen atoms in total. The molecule has 0 aliphatic heterocycles. The number of thioether (sulfide) groups is 1. The number of aliphatic carboxylic acids is 1. The molecule has 0 rings (SSSR count). The van der Waals surface area contributed by atoms with Crippen molar-refractivity contribution in [2.45, 2.75) is 11.9 Å². The zero-order chi connectivity index (χ0) is 9.07. The number of hydrogen-bond donors (Lipinski definition) is 3. The van der Waals surface area contributed by atoms with Gasteiger partial charge in [-0.05, 0) is 5.75 Å². The third kappa shape index (κ3) is 3.76. The van der Waals surface area contributed by atoms with E-state index < -0.39 is 18.6 Å². The van der Waals surface area contributed by atoms with E-state index in [4.69, 9.17) is 14.9 Å². The maximum atomic E-state index is 10.5. The van der Waals surface area contributed by atoms with Crippen LogP contribution in [0.4, 0.5) is 0 Å². The molecule has 11 heavy (non-hydrogen) atoms. The Bertz CT molecular complexity index is 187. The normalized spacial score (nSPS) is 14.5. The first-order valence-corrected chi connectivity index (χ1v) is 5.52. The third-order valence-electron chi connectivity index (χ3n) is 0.841. The molecule has 0 bridgehead atoms. The fraction of sp³-hybridized carbons (Fsp3) is 0.750. The quantitative estimate of drug-likeness (QED) is 0.566.